The zero-order chi connectivity index (χ0) is 11.3. The number of halogens is 1. The van der Waals surface area contributed by atoms with Crippen LogP contribution in [0.1, 0.15) is 13.3 Å². The minimum atomic E-state index is -0.727. The highest BCUT2D eigenvalue weighted by Gasteiger charge is 2.21. The molecule has 0 N–H and O–H groups in total. The van der Waals surface area contributed by atoms with Crippen molar-refractivity contribution in [3.63, 3.8) is 0 Å². The average Bonchev–Trinajstić information content (AvgIpc) is 2.18. The Morgan fingerprint density at radius 1 is 1.73 bits per heavy atom. The van der Waals surface area contributed by atoms with E-state index in [-0.39, 0.29) is 0 Å². The smallest absolute Gasteiger partial charge is 0.403 e. The second-order valence-corrected chi connectivity index (χ2v) is 4.41. The number of ether oxygens (including phenoxy) is 2. The van der Waals surface area contributed by atoms with E-state index in [1.165, 1.54) is 0 Å². The van der Waals surface area contributed by atoms with Crippen molar-refractivity contribution in [2.24, 2.45) is 5.92 Å². The third-order valence-corrected chi connectivity index (χ3v) is 2.79. The Hall–Kier alpha value is -0.320. The first-order valence-electron chi connectivity index (χ1n) is 5.20. The van der Waals surface area contributed by atoms with Gasteiger partial charge in [0.05, 0.1) is 19.8 Å². The number of rotatable bonds is 4. The number of nitrogens with zero attached hydrogens (tertiary/aromatic N) is 1. The molecular weight excluding hydrogens is 218 g/mol. The second kappa shape index (κ2) is 6.30. The predicted octanol–water partition coefficient (Wildman–Crippen LogP) is 1.72. The summed E-state index contributed by atoms with van der Waals surface area (Å²) in [6, 6.07) is 0.419. The van der Waals surface area contributed by atoms with Crippen molar-refractivity contribution in [3.05, 3.63) is 0 Å². The van der Waals surface area contributed by atoms with Gasteiger partial charge < -0.3 is 9.47 Å². The van der Waals surface area contributed by atoms with Gasteiger partial charge >= 0.3 is 5.43 Å². The first-order chi connectivity index (χ1) is 7.09. The largest absolute Gasteiger partial charge is 0.453 e. The summed E-state index contributed by atoms with van der Waals surface area (Å²) in [6.45, 7) is 4.95. The first kappa shape index (κ1) is 12.7. The lowest BCUT2D eigenvalue weighted by atomic mass is 10.0. The van der Waals surface area contributed by atoms with Crippen LogP contribution in [-0.4, -0.2) is 49.8 Å². The summed E-state index contributed by atoms with van der Waals surface area (Å²) in [7, 11) is 2.09. The summed E-state index contributed by atoms with van der Waals surface area (Å²) < 4.78 is 10.2. The SMILES string of the molecule is CC(COC(=O)Cl)CC1COCCN1C. The van der Waals surface area contributed by atoms with E-state index in [1.807, 2.05) is 6.92 Å². The van der Waals surface area contributed by atoms with Gasteiger partial charge in [-0.25, -0.2) is 4.79 Å². The van der Waals surface area contributed by atoms with Crippen LogP contribution < -0.4 is 0 Å². The summed E-state index contributed by atoms with van der Waals surface area (Å²) in [6.07, 6.45) is 0.959. The van der Waals surface area contributed by atoms with Crippen molar-refractivity contribution in [2.75, 3.05) is 33.4 Å². The molecule has 0 amide bonds. The monoisotopic (exact) mass is 235 g/mol. The molecule has 0 aromatic carbocycles. The third-order valence-electron chi connectivity index (χ3n) is 2.68. The third kappa shape index (κ3) is 4.82. The highest BCUT2D eigenvalue weighted by molar-refractivity contribution is 6.61. The van der Waals surface area contributed by atoms with Crippen LogP contribution in [0, 0.1) is 5.92 Å². The summed E-state index contributed by atoms with van der Waals surface area (Å²) in [5.74, 6) is 0.307. The van der Waals surface area contributed by atoms with Crippen molar-refractivity contribution in [3.8, 4) is 0 Å². The molecule has 0 saturated carbocycles. The van der Waals surface area contributed by atoms with Gasteiger partial charge in [0.25, 0.3) is 0 Å². The normalized spacial score (nSPS) is 24.9. The lowest BCUT2D eigenvalue weighted by Gasteiger charge is -2.33. The highest BCUT2D eigenvalue weighted by Crippen LogP contribution is 2.14. The van der Waals surface area contributed by atoms with Crippen molar-refractivity contribution < 1.29 is 14.3 Å². The standard InChI is InChI=1S/C10H18ClNO3/c1-8(6-15-10(11)13)5-9-7-14-4-3-12(9)2/h8-9H,3-7H2,1-2H3. The quantitative estimate of drug-likeness (QED) is 0.696. The van der Waals surface area contributed by atoms with Crippen LogP contribution in [-0.2, 0) is 9.47 Å². The van der Waals surface area contributed by atoms with E-state index in [2.05, 4.69) is 11.9 Å². The Morgan fingerprint density at radius 2 is 2.47 bits per heavy atom. The molecule has 0 aromatic rings. The maximum atomic E-state index is 10.4. The summed E-state index contributed by atoms with van der Waals surface area (Å²) in [5.41, 5.74) is -0.727. The van der Waals surface area contributed by atoms with Crippen molar-refractivity contribution >= 4 is 17.0 Å². The Kier molecular flexibility index (Phi) is 5.36. The van der Waals surface area contributed by atoms with Gasteiger partial charge in [0.2, 0.25) is 0 Å². The van der Waals surface area contributed by atoms with Gasteiger partial charge in [-0.3, -0.25) is 4.90 Å². The van der Waals surface area contributed by atoms with Crippen LogP contribution in [0.3, 0.4) is 0 Å². The molecule has 88 valence electrons. The Labute approximate surface area is 95.5 Å². The molecule has 1 aliphatic heterocycles. The minimum absolute atomic E-state index is 0.307. The Morgan fingerprint density at radius 3 is 3.07 bits per heavy atom. The topological polar surface area (TPSA) is 38.8 Å². The molecule has 0 spiro atoms. The molecule has 1 heterocycles. The van der Waals surface area contributed by atoms with Gasteiger partial charge in [-0.2, -0.15) is 0 Å². The van der Waals surface area contributed by atoms with E-state index in [4.69, 9.17) is 21.1 Å². The van der Waals surface area contributed by atoms with Crippen molar-refractivity contribution in [1.82, 2.24) is 4.90 Å². The molecule has 0 aliphatic carbocycles. The summed E-state index contributed by atoms with van der Waals surface area (Å²) >= 11 is 5.10. The second-order valence-electron chi connectivity index (χ2n) is 4.10. The molecule has 1 fully saturated rings. The van der Waals surface area contributed by atoms with Crippen LogP contribution in [0.5, 0.6) is 0 Å². The molecule has 0 aromatic heterocycles. The van der Waals surface area contributed by atoms with Crippen LogP contribution in [0.15, 0.2) is 0 Å². The number of morpholine rings is 1. The van der Waals surface area contributed by atoms with Gasteiger partial charge in [-0.05, 0) is 19.4 Å². The van der Waals surface area contributed by atoms with Crippen LogP contribution in [0.4, 0.5) is 4.79 Å². The van der Waals surface area contributed by atoms with Crippen molar-refractivity contribution in [1.29, 1.82) is 0 Å². The van der Waals surface area contributed by atoms with Gasteiger partial charge in [0.15, 0.2) is 0 Å². The first-order valence-corrected chi connectivity index (χ1v) is 5.57. The van der Waals surface area contributed by atoms with Gasteiger partial charge in [0, 0.05) is 24.2 Å². The van der Waals surface area contributed by atoms with Gasteiger partial charge in [-0.1, -0.05) is 6.92 Å². The van der Waals surface area contributed by atoms with Gasteiger partial charge in [-0.15, -0.1) is 0 Å². The Bertz CT molecular complexity index is 213. The van der Waals surface area contributed by atoms with E-state index in [0.29, 0.717) is 18.6 Å². The average molecular weight is 236 g/mol. The molecule has 1 saturated heterocycles. The number of likely N-dealkylation sites (N-methyl/N-ethyl adjacent to an activating group) is 1. The van der Waals surface area contributed by atoms with E-state index < -0.39 is 5.43 Å². The lowest BCUT2D eigenvalue weighted by Crippen LogP contribution is -2.43. The molecule has 0 radical (unpaired) electrons. The molecule has 1 rings (SSSR count). The van der Waals surface area contributed by atoms with Crippen LogP contribution >= 0.6 is 11.6 Å². The van der Waals surface area contributed by atoms with Gasteiger partial charge in [0.1, 0.15) is 0 Å². The summed E-state index contributed by atoms with van der Waals surface area (Å²) in [5, 5.41) is 0. The molecule has 1 aliphatic rings. The zero-order valence-corrected chi connectivity index (χ0v) is 10.00. The number of carbonyl (C=O) groups is 1. The summed E-state index contributed by atoms with van der Waals surface area (Å²) in [4.78, 5) is 12.7. The maximum absolute atomic E-state index is 10.4. The van der Waals surface area contributed by atoms with Crippen molar-refractivity contribution in [2.45, 2.75) is 19.4 Å². The van der Waals surface area contributed by atoms with Crippen LogP contribution in [0.2, 0.25) is 0 Å². The molecule has 4 nitrogen and oxygen atoms in total. The van der Waals surface area contributed by atoms with E-state index >= 15 is 0 Å². The maximum Gasteiger partial charge on any atom is 0.403 e. The highest BCUT2D eigenvalue weighted by atomic mass is 35.5. The molecule has 2 unspecified atom stereocenters. The predicted molar refractivity (Wildman–Crippen MR) is 58.2 cm³/mol. The lowest BCUT2D eigenvalue weighted by molar-refractivity contribution is -0.00515. The number of hydrogen-bond donors (Lipinski definition) is 0. The fourth-order valence-electron chi connectivity index (χ4n) is 1.73. The minimum Gasteiger partial charge on any atom is -0.453 e. The van der Waals surface area contributed by atoms with E-state index in [9.17, 15) is 4.79 Å². The van der Waals surface area contributed by atoms with Crippen LogP contribution in [0.25, 0.3) is 0 Å². The fraction of sp³-hybridized carbons (Fsp3) is 0.900. The molecule has 5 heteroatoms. The van der Waals surface area contributed by atoms with E-state index in [1.54, 1.807) is 0 Å². The number of carbonyl (C=O) groups excluding carboxylic acids is 1. The molecule has 2 atom stereocenters. The zero-order valence-electron chi connectivity index (χ0n) is 9.24. The van der Waals surface area contributed by atoms with E-state index in [0.717, 1.165) is 26.2 Å². The fourth-order valence-corrected chi connectivity index (χ4v) is 1.79. The molecular formula is C10H18ClNO3. The molecule has 15 heavy (non-hydrogen) atoms. The molecule has 0 bridgehead atoms. The number of hydrogen-bond acceptors (Lipinski definition) is 4. The Balaban J connectivity index is 2.23.